The zero-order valence-corrected chi connectivity index (χ0v) is 34.8. The number of rotatable bonds is 34. The molecule has 302 valence electrons. The molecule has 0 saturated heterocycles. The van der Waals surface area contributed by atoms with Crippen molar-refractivity contribution in [3.8, 4) is 0 Å². The highest BCUT2D eigenvalue weighted by Crippen LogP contribution is 2.38. The maximum atomic E-state index is 12.7. The number of quaternary nitrogens is 1. The number of nitrogens with one attached hydrogen (secondary N) is 1. The second-order valence-corrected chi connectivity index (χ2v) is 15.7. The highest BCUT2D eigenvalue weighted by molar-refractivity contribution is 7.45. The lowest BCUT2D eigenvalue weighted by Gasteiger charge is -2.29. The minimum Gasteiger partial charge on any atom is -0.756 e. The van der Waals surface area contributed by atoms with Crippen LogP contribution in [0.2, 0.25) is 0 Å². The van der Waals surface area contributed by atoms with Crippen molar-refractivity contribution in [2.45, 2.75) is 135 Å². The van der Waals surface area contributed by atoms with Crippen LogP contribution >= 0.6 is 7.82 Å². The molecule has 0 aromatic heterocycles. The van der Waals surface area contributed by atoms with Crippen molar-refractivity contribution in [1.82, 2.24) is 5.32 Å². The monoisotopic (exact) mass is 759 g/mol. The molecule has 0 bridgehead atoms. The predicted molar refractivity (Wildman–Crippen MR) is 223 cm³/mol. The lowest BCUT2D eigenvalue weighted by Crippen LogP contribution is -2.45. The van der Waals surface area contributed by atoms with Crippen LogP contribution in [0.4, 0.5) is 0 Å². The number of phosphoric ester groups is 1. The van der Waals surface area contributed by atoms with Crippen molar-refractivity contribution in [1.29, 1.82) is 0 Å². The second kappa shape index (κ2) is 35.1. The van der Waals surface area contributed by atoms with Crippen molar-refractivity contribution >= 4 is 13.7 Å². The first-order valence-corrected chi connectivity index (χ1v) is 21.6. The summed E-state index contributed by atoms with van der Waals surface area (Å²) in [5.74, 6) is -0.344. The number of hydrogen-bond acceptors (Lipinski definition) is 6. The van der Waals surface area contributed by atoms with Crippen LogP contribution < -0.4 is 10.2 Å². The van der Waals surface area contributed by atoms with E-state index in [-0.39, 0.29) is 18.9 Å². The van der Waals surface area contributed by atoms with Gasteiger partial charge in [-0.1, -0.05) is 143 Å². The number of likely N-dealkylation sites (N-methyl/N-ethyl adjacent to an activating group) is 1. The summed E-state index contributed by atoms with van der Waals surface area (Å²) >= 11 is 0. The summed E-state index contributed by atoms with van der Waals surface area (Å²) in [5.41, 5.74) is 0. The number of allylic oxidation sites excluding steroid dienone is 14. The molecular weight excluding hydrogens is 683 g/mol. The summed E-state index contributed by atoms with van der Waals surface area (Å²) in [6.07, 6.45) is 49.1. The fraction of sp³-hybridized carbons (Fsp3) is 0.614. The standard InChI is InChI=1S/C44H75N2O6P/c1-6-8-10-12-14-16-18-20-22-24-25-27-29-31-33-35-37-43(47)42(41-52-53(49,50)51-40-39-46(3,4)5)45-44(48)38-36-34-32-30-28-26-23-21-19-17-15-13-11-9-7-2/h9,11,15,17,20-23,27-30,34-37,42-43,47H,6-8,10,12-14,16,18-19,24-26,31-33,38-41H2,1-5H3,(H-,45,48,49,50)/b11-9-,17-15-,22-20+,23-21-,29-27+,30-28-,36-34-,37-35+. The lowest BCUT2D eigenvalue weighted by molar-refractivity contribution is -0.870. The molecule has 3 unspecified atom stereocenters. The first-order chi connectivity index (χ1) is 25.5. The van der Waals surface area contributed by atoms with Gasteiger partial charge in [0, 0.05) is 6.42 Å². The van der Waals surface area contributed by atoms with Crippen LogP contribution in [0.25, 0.3) is 0 Å². The smallest absolute Gasteiger partial charge is 0.268 e. The fourth-order valence-electron chi connectivity index (χ4n) is 4.84. The number of phosphoric acid groups is 1. The largest absolute Gasteiger partial charge is 0.756 e. The zero-order chi connectivity index (χ0) is 39.3. The Morgan fingerprint density at radius 1 is 0.679 bits per heavy atom. The van der Waals surface area contributed by atoms with Gasteiger partial charge in [0.2, 0.25) is 5.91 Å². The molecule has 0 rings (SSSR count). The van der Waals surface area contributed by atoms with Gasteiger partial charge < -0.3 is 28.8 Å². The summed E-state index contributed by atoms with van der Waals surface area (Å²) < 4.78 is 23.0. The number of aliphatic hydroxyl groups is 1. The Hall–Kier alpha value is -2.58. The Bertz CT molecular complexity index is 1180. The minimum absolute atomic E-state index is 0.0309. The Labute approximate surface area is 324 Å². The van der Waals surface area contributed by atoms with E-state index in [4.69, 9.17) is 9.05 Å². The highest BCUT2D eigenvalue weighted by Gasteiger charge is 2.22. The number of hydrogen-bond donors (Lipinski definition) is 2. The van der Waals surface area contributed by atoms with Crippen LogP contribution in [0.15, 0.2) is 97.2 Å². The van der Waals surface area contributed by atoms with Crippen LogP contribution in [0.1, 0.15) is 123 Å². The summed E-state index contributed by atoms with van der Waals surface area (Å²) in [5, 5.41) is 13.6. The van der Waals surface area contributed by atoms with Gasteiger partial charge in [0.15, 0.2) is 0 Å². The van der Waals surface area contributed by atoms with E-state index in [0.29, 0.717) is 23.9 Å². The van der Waals surface area contributed by atoms with Crippen LogP contribution in [-0.2, 0) is 18.4 Å². The molecule has 0 aliphatic carbocycles. The molecule has 53 heavy (non-hydrogen) atoms. The van der Waals surface area contributed by atoms with Crippen molar-refractivity contribution < 1.29 is 32.9 Å². The molecule has 1 amide bonds. The third kappa shape index (κ3) is 37.5. The van der Waals surface area contributed by atoms with Gasteiger partial charge in [0.1, 0.15) is 13.2 Å². The van der Waals surface area contributed by atoms with Crippen LogP contribution in [-0.4, -0.2) is 68.5 Å². The maximum absolute atomic E-state index is 12.7. The van der Waals surface area contributed by atoms with E-state index in [1.54, 1.807) is 12.2 Å². The van der Waals surface area contributed by atoms with E-state index in [2.05, 4.69) is 86.0 Å². The number of carbonyl (C=O) groups is 1. The van der Waals surface area contributed by atoms with E-state index in [1.807, 2.05) is 39.4 Å². The molecule has 2 N–H and O–H groups in total. The Balaban J connectivity index is 4.76. The molecule has 9 heteroatoms. The average molecular weight is 759 g/mol. The van der Waals surface area contributed by atoms with Crippen molar-refractivity contribution in [2.24, 2.45) is 0 Å². The molecule has 0 aliphatic rings. The van der Waals surface area contributed by atoms with Crippen molar-refractivity contribution in [3.63, 3.8) is 0 Å². The van der Waals surface area contributed by atoms with Gasteiger partial charge in [0.25, 0.3) is 7.82 Å². The van der Waals surface area contributed by atoms with Gasteiger partial charge in [-0.05, 0) is 70.6 Å². The predicted octanol–water partition coefficient (Wildman–Crippen LogP) is 10.2. The number of amides is 1. The van der Waals surface area contributed by atoms with Crippen molar-refractivity contribution in [2.75, 3.05) is 40.9 Å². The van der Waals surface area contributed by atoms with E-state index in [0.717, 1.165) is 51.4 Å². The first-order valence-electron chi connectivity index (χ1n) is 20.1. The van der Waals surface area contributed by atoms with Gasteiger partial charge in [-0.2, -0.15) is 0 Å². The average Bonchev–Trinajstić information content (AvgIpc) is 3.10. The molecule has 0 heterocycles. The number of aliphatic hydroxyl groups excluding tert-OH is 1. The zero-order valence-electron chi connectivity index (χ0n) is 33.9. The number of nitrogens with zero attached hydrogens (tertiary/aromatic N) is 1. The lowest BCUT2D eigenvalue weighted by atomic mass is 10.1. The van der Waals surface area contributed by atoms with Crippen molar-refractivity contribution in [3.05, 3.63) is 97.2 Å². The first kappa shape index (κ1) is 50.4. The van der Waals surface area contributed by atoms with Crippen LogP contribution in [0.5, 0.6) is 0 Å². The number of unbranched alkanes of at least 4 members (excludes halogenated alkanes) is 8. The molecule has 0 fully saturated rings. The Kier molecular flexibility index (Phi) is 33.4. The van der Waals surface area contributed by atoms with E-state index < -0.39 is 26.6 Å². The molecule has 0 aromatic rings. The summed E-state index contributed by atoms with van der Waals surface area (Å²) in [4.78, 5) is 25.1. The molecule has 0 spiro atoms. The Morgan fingerprint density at radius 3 is 1.72 bits per heavy atom. The van der Waals surface area contributed by atoms with E-state index in [9.17, 15) is 19.4 Å². The Morgan fingerprint density at radius 2 is 1.17 bits per heavy atom. The summed E-state index contributed by atoms with van der Waals surface area (Å²) in [6.45, 7) is 4.37. The fourth-order valence-corrected chi connectivity index (χ4v) is 5.56. The topological polar surface area (TPSA) is 108 Å². The molecule has 0 radical (unpaired) electrons. The van der Waals surface area contributed by atoms with Gasteiger partial charge in [0.05, 0.1) is 39.9 Å². The van der Waals surface area contributed by atoms with Crippen LogP contribution in [0.3, 0.4) is 0 Å². The molecule has 0 saturated carbocycles. The number of carbonyl (C=O) groups excluding carboxylic acids is 1. The minimum atomic E-state index is -4.63. The molecule has 0 aliphatic heterocycles. The van der Waals surface area contributed by atoms with Gasteiger partial charge in [-0.3, -0.25) is 9.36 Å². The highest BCUT2D eigenvalue weighted by atomic mass is 31.2. The second-order valence-electron chi connectivity index (χ2n) is 14.2. The molecule has 3 atom stereocenters. The summed E-state index contributed by atoms with van der Waals surface area (Å²) in [6, 6.07) is -0.968. The SMILES string of the molecule is CC/C=C\C/C=C\C/C=C\C/C=C\C/C=C\CC(=O)NC(COP(=O)([O-])OCC[N+](C)(C)C)C(O)/C=C/CC/C=C/CC/C=C/CCCCCCCC. The van der Waals surface area contributed by atoms with E-state index >= 15 is 0 Å². The van der Waals surface area contributed by atoms with Crippen LogP contribution in [0, 0.1) is 0 Å². The van der Waals surface area contributed by atoms with Gasteiger partial charge in [-0.15, -0.1) is 0 Å². The maximum Gasteiger partial charge on any atom is 0.268 e. The quantitative estimate of drug-likeness (QED) is 0.0293. The molecule has 0 aromatic carbocycles. The normalized spacial score (nSPS) is 15.5. The third-order valence-corrected chi connectivity index (χ3v) is 9.00. The van der Waals surface area contributed by atoms with Gasteiger partial charge >= 0.3 is 0 Å². The third-order valence-electron chi connectivity index (χ3n) is 8.03. The summed E-state index contributed by atoms with van der Waals surface area (Å²) in [7, 11) is 1.16. The molecular formula is C44H75N2O6P. The molecule has 8 nitrogen and oxygen atoms in total. The van der Waals surface area contributed by atoms with Gasteiger partial charge in [-0.25, -0.2) is 0 Å². The van der Waals surface area contributed by atoms with E-state index in [1.165, 1.54) is 38.5 Å².